The third-order valence-corrected chi connectivity index (χ3v) is 6.11. The molecule has 0 radical (unpaired) electrons. The van der Waals surface area contributed by atoms with E-state index in [0.29, 0.717) is 22.8 Å². The Morgan fingerprint density at radius 1 is 0.765 bits per heavy atom. The van der Waals surface area contributed by atoms with Crippen molar-refractivity contribution in [1.82, 2.24) is 10.3 Å². The Bertz CT molecular complexity index is 1360. The molecule has 0 spiro atoms. The zero-order chi connectivity index (χ0) is 23.3. The number of carbonyl (C=O) groups excluding carboxylic acids is 1. The monoisotopic (exact) mass is 508 g/mol. The van der Waals surface area contributed by atoms with E-state index in [1.165, 1.54) is 0 Å². The van der Waals surface area contributed by atoms with Gasteiger partial charge in [0, 0.05) is 15.6 Å². The molecule has 1 aromatic heterocycles. The second-order valence-corrected chi connectivity index (χ2v) is 8.73. The van der Waals surface area contributed by atoms with Gasteiger partial charge in [-0.3, -0.25) is 4.79 Å². The molecule has 4 aromatic carbocycles. The number of halogens is 1. The van der Waals surface area contributed by atoms with E-state index in [9.17, 15) is 4.79 Å². The minimum atomic E-state index is -0.286. The number of amides is 1. The maximum atomic E-state index is 13.5. The van der Waals surface area contributed by atoms with Crippen LogP contribution in [-0.4, -0.2) is 10.9 Å². The molecule has 0 aliphatic rings. The molecule has 0 saturated heterocycles. The summed E-state index contributed by atoms with van der Waals surface area (Å²) in [6.07, 6.45) is 1.68. The van der Waals surface area contributed by atoms with Crippen LogP contribution in [0.1, 0.15) is 27.5 Å². The lowest BCUT2D eigenvalue weighted by Crippen LogP contribution is -2.29. The van der Waals surface area contributed by atoms with Crippen LogP contribution in [0.3, 0.4) is 0 Å². The molecule has 1 amide bonds. The van der Waals surface area contributed by atoms with Crippen LogP contribution < -0.4 is 5.32 Å². The molecule has 4 nitrogen and oxygen atoms in total. The molecule has 0 atom stereocenters. The fraction of sp³-hybridized carbons (Fsp3) is 0.0345. The summed E-state index contributed by atoms with van der Waals surface area (Å²) in [6, 6.07) is 34.8. The average molecular weight is 509 g/mol. The van der Waals surface area contributed by atoms with E-state index in [-0.39, 0.29) is 11.9 Å². The van der Waals surface area contributed by atoms with E-state index in [2.05, 4.69) is 26.2 Å². The van der Waals surface area contributed by atoms with Crippen molar-refractivity contribution in [3.05, 3.63) is 137 Å². The molecule has 1 heterocycles. The molecule has 34 heavy (non-hydrogen) atoms. The fourth-order valence-corrected chi connectivity index (χ4v) is 4.14. The topological polar surface area (TPSA) is 55.1 Å². The van der Waals surface area contributed by atoms with Gasteiger partial charge in [0.25, 0.3) is 5.91 Å². The summed E-state index contributed by atoms with van der Waals surface area (Å²) in [5.74, 6) is 0.848. The van der Waals surface area contributed by atoms with Crippen molar-refractivity contribution in [2.75, 3.05) is 0 Å². The largest absolute Gasteiger partial charge is 0.436 e. The van der Waals surface area contributed by atoms with Crippen molar-refractivity contribution in [2.24, 2.45) is 0 Å². The number of hydrogen-bond donors (Lipinski definition) is 1. The first kappa shape index (κ1) is 21.9. The standard InChI is InChI=1S/C29H21BrN2O2/c30-23-17-15-20(16-18-23)26-19-31-29(34-26)25-14-8-7-13-24(25)28(33)32-27(21-9-3-1-4-10-21)22-11-5-2-6-12-22/h1-19,27H,(H,32,33). The molecule has 5 heteroatoms. The molecule has 0 aliphatic carbocycles. The molecular formula is C29H21BrN2O2. The highest BCUT2D eigenvalue weighted by Crippen LogP contribution is 2.30. The lowest BCUT2D eigenvalue weighted by atomic mass is 9.97. The minimum absolute atomic E-state index is 0.198. The molecule has 0 bridgehead atoms. The molecule has 0 unspecified atom stereocenters. The van der Waals surface area contributed by atoms with Crippen molar-refractivity contribution in [2.45, 2.75) is 6.04 Å². The Hall–Kier alpha value is -3.96. The third-order valence-electron chi connectivity index (χ3n) is 5.58. The van der Waals surface area contributed by atoms with Crippen LogP contribution in [0.15, 0.2) is 124 Å². The van der Waals surface area contributed by atoms with E-state index in [4.69, 9.17) is 4.42 Å². The highest BCUT2D eigenvalue weighted by atomic mass is 79.9. The summed E-state index contributed by atoms with van der Waals surface area (Å²) in [6.45, 7) is 0. The number of carbonyl (C=O) groups is 1. The van der Waals surface area contributed by atoms with Crippen LogP contribution in [0.4, 0.5) is 0 Å². The van der Waals surface area contributed by atoms with E-state index in [1.807, 2.05) is 103 Å². The molecule has 5 aromatic rings. The molecule has 0 fully saturated rings. The van der Waals surface area contributed by atoms with E-state index < -0.39 is 0 Å². The van der Waals surface area contributed by atoms with Crippen molar-refractivity contribution in [3.63, 3.8) is 0 Å². The molecule has 0 saturated carbocycles. The van der Waals surface area contributed by atoms with E-state index in [1.54, 1.807) is 12.3 Å². The Labute approximate surface area is 206 Å². The second-order valence-electron chi connectivity index (χ2n) is 7.81. The van der Waals surface area contributed by atoms with Crippen LogP contribution >= 0.6 is 15.9 Å². The first-order valence-corrected chi connectivity index (χ1v) is 11.7. The van der Waals surface area contributed by atoms with Gasteiger partial charge in [-0.25, -0.2) is 4.98 Å². The van der Waals surface area contributed by atoms with Gasteiger partial charge in [0.15, 0.2) is 5.76 Å². The first-order chi connectivity index (χ1) is 16.7. The van der Waals surface area contributed by atoms with Gasteiger partial charge in [-0.05, 0) is 35.4 Å². The Kier molecular flexibility index (Phi) is 6.36. The highest BCUT2D eigenvalue weighted by Gasteiger charge is 2.21. The summed E-state index contributed by atoms with van der Waals surface area (Å²) in [4.78, 5) is 18.0. The zero-order valence-corrected chi connectivity index (χ0v) is 19.8. The molecule has 1 N–H and O–H groups in total. The van der Waals surface area contributed by atoms with Gasteiger partial charge in [0.2, 0.25) is 5.89 Å². The molecule has 0 aliphatic heterocycles. The van der Waals surface area contributed by atoms with Crippen molar-refractivity contribution >= 4 is 21.8 Å². The Morgan fingerprint density at radius 2 is 1.35 bits per heavy atom. The predicted molar refractivity (Wildman–Crippen MR) is 137 cm³/mol. The van der Waals surface area contributed by atoms with Crippen molar-refractivity contribution in [1.29, 1.82) is 0 Å². The third kappa shape index (κ3) is 4.70. The van der Waals surface area contributed by atoms with Crippen LogP contribution in [0.25, 0.3) is 22.8 Å². The molecule has 166 valence electrons. The van der Waals surface area contributed by atoms with E-state index in [0.717, 1.165) is 21.2 Å². The van der Waals surface area contributed by atoms with Crippen molar-refractivity contribution < 1.29 is 9.21 Å². The predicted octanol–water partition coefficient (Wildman–Crippen LogP) is 7.29. The second kappa shape index (κ2) is 9.89. The van der Waals surface area contributed by atoms with Gasteiger partial charge < -0.3 is 9.73 Å². The number of oxazole rings is 1. The molecule has 5 rings (SSSR count). The maximum Gasteiger partial charge on any atom is 0.252 e. The lowest BCUT2D eigenvalue weighted by molar-refractivity contribution is 0.0943. The summed E-state index contributed by atoms with van der Waals surface area (Å²) in [5.41, 5.74) is 4.07. The maximum absolute atomic E-state index is 13.5. The normalized spacial score (nSPS) is 10.9. The zero-order valence-electron chi connectivity index (χ0n) is 18.2. The summed E-state index contributed by atoms with van der Waals surface area (Å²) in [7, 11) is 0. The van der Waals surface area contributed by atoms with Crippen LogP contribution in [0, 0.1) is 0 Å². The quantitative estimate of drug-likeness (QED) is 0.262. The van der Waals surface area contributed by atoms with Crippen LogP contribution in [-0.2, 0) is 0 Å². The minimum Gasteiger partial charge on any atom is -0.436 e. The average Bonchev–Trinajstić information content (AvgIpc) is 3.39. The molecular weight excluding hydrogens is 488 g/mol. The lowest BCUT2D eigenvalue weighted by Gasteiger charge is -2.20. The number of aromatic nitrogens is 1. The van der Waals surface area contributed by atoms with Crippen LogP contribution in [0.5, 0.6) is 0 Å². The van der Waals surface area contributed by atoms with Crippen molar-refractivity contribution in [3.8, 4) is 22.8 Å². The van der Waals surface area contributed by atoms with Gasteiger partial charge in [-0.1, -0.05) is 101 Å². The first-order valence-electron chi connectivity index (χ1n) is 10.9. The fourth-order valence-electron chi connectivity index (χ4n) is 3.87. The number of hydrogen-bond acceptors (Lipinski definition) is 3. The van der Waals surface area contributed by atoms with Gasteiger partial charge in [0.05, 0.1) is 17.8 Å². The van der Waals surface area contributed by atoms with Gasteiger partial charge in [0.1, 0.15) is 0 Å². The van der Waals surface area contributed by atoms with Crippen LogP contribution in [0.2, 0.25) is 0 Å². The number of nitrogens with zero attached hydrogens (tertiary/aromatic N) is 1. The summed E-state index contributed by atoms with van der Waals surface area (Å²) >= 11 is 3.45. The Morgan fingerprint density at radius 3 is 2.00 bits per heavy atom. The number of rotatable bonds is 6. The smallest absolute Gasteiger partial charge is 0.252 e. The summed E-state index contributed by atoms with van der Waals surface area (Å²) in [5, 5.41) is 3.21. The van der Waals surface area contributed by atoms with Gasteiger partial charge in [-0.2, -0.15) is 0 Å². The number of benzene rings is 4. The SMILES string of the molecule is O=C(NC(c1ccccc1)c1ccccc1)c1ccccc1-c1ncc(-c2ccc(Br)cc2)o1. The van der Waals surface area contributed by atoms with Gasteiger partial charge in [-0.15, -0.1) is 0 Å². The number of nitrogens with one attached hydrogen (secondary N) is 1. The van der Waals surface area contributed by atoms with Gasteiger partial charge >= 0.3 is 0 Å². The van der Waals surface area contributed by atoms with E-state index >= 15 is 0 Å². The summed E-state index contributed by atoms with van der Waals surface area (Å²) < 4.78 is 7.04. The highest BCUT2D eigenvalue weighted by molar-refractivity contribution is 9.10. The Balaban J connectivity index is 1.47.